The van der Waals surface area contributed by atoms with Crippen LogP contribution in [-0.2, 0) is 14.3 Å². The van der Waals surface area contributed by atoms with Gasteiger partial charge in [0.2, 0.25) is 0 Å². The largest absolute Gasteiger partial charge is 0.469 e. The Morgan fingerprint density at radius 3 is 2.67 bits per heavy atom. The van der Waals surface area contributed by atoms with Gasteiger partial charge >= 0.3 is 5.97 Å². The molecule has 0 spiro atoms. The Morgan fingerprint density at radius 2 is 1.95 bits per heavy atom. The van der Waals surface area contributed by atoms with E-state index in [1.165, 1.54) is 20.0 Å². The first-order valence-electron chi connectivity index (χ1n) is 8.52. The van der Waals surface area contributed by atoms with Crippen LogP contribution >= 0.6 is 0 Å². The molecule has 0 aromatic carbocycles. The number of ether oxygens (including phenoxy) is 1. The zero-order valence-corrected chi connectivity index (χ0v) is 13.6. The molecule has 3 saturated carbocycles. The zero-order valence-electron chi connectivity index (χ0n) is 13.6. The van der Waals surface area contributed by atoms with Crippen molar-refractivity contribution in [3.63, 3.8) is 0 Å². The summed E-state index contributed by atoms with van der Waals surface area (Å²) < 4.78 is 5.14. The highest BCUT2D eigenvalue weighted by Gasteiger charge is 2.59. The fourth-order valence-corrected chi connectivity index (χ4v) is 6.04. The normalized spacial score (nSPS) is 46.4. The van der Waals surface area contributed by atoms with E-state index in [-0.39, 0.29) is 16.8 Å². The summed E-state index contributed by atoms with van der Waals surface area (Å²) in [6.07, 6.45) is 8.08. The first-order valence-corrected chi connectivity index (χ1v) is 8.52. The van der Waals surface area contributed by atoms with Crippen molar-refractivity contribution < 1.29 is 14.3 Å². The van der Waals surface area contributed by atoms with Crippen molar-refractivity contribution in [1.29, 1.82) is 0 Å². The van der Waals surface area contributed by atoms with E-state index in [4.69, 9.17) is 4.74 Å². The van der Waals surface area contributed by atoms with Gasteiger partial charge in [-0.15, -0.1) is 0 Å². The van der Waals surface area contributed by atoms with E-state index in [0.717, 1.165) is 38.5 Å². The molecule has 3 nitrogen and oxygen atoms in total. The van der Waals surface area contributed by atoms with Gasteiger partial charge in [0, 0.05) is 12.8 Å². The van der Waals surface area contributed by atoms with E-state index in [1.807, 2.05) is 0 Å². The van der Waals surface area contributed by atoms with Crippen LogP contribution in [0.1, 0.15) is 65.2 Å². The van der Waals surface area contributed by atoms with Gasteiger partial charge in [-0.05, 0) is 62.2 Å². The third-order valence-corrected chi connectivity index (χ3v) is 7.11. The summed E-state index contributed by atoms with van der Waals surface area (Å²) >= 11 is 0. The van der Waals surface area contributed by atoms with Gasteiger partial charge in [-0.25, -0.2) is 0 Å². The van der Waals surface area contributed by atoms with Crippen molar-refractivity contribution in [3.8, 4) is 0 Å². The second-order valence-electron chi connectivity index (χ2n) is 8.05. The molecule has 0 bridgehead atoms. The Labute approximate surface area is 127 Å². The molecule has 118 valence electrons. The molecule has 2 unspecified atom stereocenters. The molecule has 21 heavy (non-hydrogen) atoms. The van der Waals surface area contributed by atoms with Gasteiger partial charge < -0.3 is 4.74 Å². The van der Waals surface area contributed by atoms with Crippen molar-refractivity contribution in [1.82, 2.24) is 0 Å². The van der Waals surface area contributed by atoms with Crippen LogP contribution in [0, 0.1) is 28.6 Å². The molecule has 0 N–H and O–H groups in total. The highest BCUT2D eigenvalue weighted by molar-refractivity contribution is 5.80. The summed E-state index contributed by atoms with van der Waals surface area (Å²) in [6.45, 7) is 4.46. The van der Waals surface area contributed by atoms with Crippen molar-refractivity contribution >= 4 is 11.8 Å². The summed E-state index contributed by atoms with van der Waals surface area (Å²) in [4.78, 5) is 24.4. The molecule has 0 amide bonds. The minimum Gasteiger partial charge on any atom is -0.469 e. The van der Waals surface area contributed by atoms with Crippen LogP contribution in [0.5, 0.6) is 0 Å². The predicted octanol–water partition coefficient (Wildman–Crippen LogP) is 3.75. The summed E-state index contributed by atoms with van der Waals surface area (Å²) in [5, 5.41) is 0. The quantitative estimate of drug-likeness (QED) is 0.691. The fourth-order valence-electron chi connectivity index (χ4n) is 6.04. The number of carbonyl (C=O) groups is 2. The molecule has 0 aromatic rings. The smallest absolute Gasteiger partial charge is 0.311 e. The van der Waals surface area contributed by atoms with Crippen LogP contribution in [0.15, 0.2) is 0 Å². The fraction of sp³-hybridized carbons (Fsp3) is 0.889. The third kappa shape index (κ3) is 2.15. The van der Waals surface area contributed by atoms with Crippen molar-refractivity contribution in [2.75, 3.05) is 7.11 Å². The Hall–Kier alpha value is -0.860. The SMILES string of the molecule is COC(=O)[C@]1(C)CCCC2(C)C1CC[C@@H]1CCC(=O)C[C@@H]12. The molecule has 0 radical (unpaired) electrons. The Morgan fingerprint density at radius 1 is 1.19 bits per heavy atom. The molecule has 0 aromatic heterocycles. The Balaban J connectivity index is 1.95. The number of ketones is 1. The van der Waals surface area contributed by atoms with Crippen LogP contribution in [-0.4, -0.2) is 18.9 Å². The number of Topliss-reactive ketones (excluding diaryl/α,β-unsaturated/α-hetero) is 1. The van der Waals surface area contributed by atoms with Gasteiger partial charge in [0.25, 0.3) is 0 Å². The number of carbonyl (C=O) groups excluding carboxylic acids is 2. The lowest BCUT2D eigenvalue weighted by atomic mass is 9.44. The lowest BCUT2D eigenvalue weighted by molar-refractivity contribution is -0.175. The average Bonchev–Trinajstić information content (AvgIpc) is 2.46. The zero-order chi connectivity index (χ0) is 15.3. The highest BCUT2D eigenvalue weighted by Crippen LogP contribution is 2.63. The van der Waals surface area contributed by atoms with Gasteiger partial charge in [-0.2, -0.15) is 0 Å². The van der Waals surface area contributed by atoms with Crippen molar-refractivity contribution in [2.24, 2.45) is 28.6 Å². The maximum absolute atomic E-state index is 12.4. The number of hydrogen-bond acceptors (Lipinski definition) is 3. The van der Waals surface area contributed by atoms with Gasteiger partial charge in [0.15, 0.2) is 0 Å². The summed E-state index contributed by atoms with van der Waals surface area (Å²) in [5.41, 5.74) is -0.215. The first-order chi connectivity index (χ1) is 9.91. The van der Waals surface area contributed by atoms with Crippen LogP contribution in [0.25, 0.3) is 0 Å². The average molecular weight is 292 g/mol. The summed E-state index contributed by atoms with van der Waals surface area (Å²) in [6, 6.07) is 0. The minimum atomic E-state index is -0.354. The molecule has 3 rings (SSSR count). The third-order valence-electron chi connectivity index (χ3n) is 7.11. The second-order valence-corrected chi connectivity index (χ2v) is 8.05. The molecular formula is C18H28O3. The molecule has 3 heteroatoms. The summed E-state index contributed by atoms with van der Waals surface area (Å²) in [7, 11) is 1.51. The van der Waals surface area contributed by atoms with Crippen LogP contribution in [0.4, 0.5) is 0 Å². The highest BCUT2D eigenvalue weighted by atomic mass is 16.5. The number of esters is 1. The number of rotatable bonds is 1. The topological polar surface area (TPSA) is 43.4 Å². The summed E-state index contributed by atoms with van der Waals surface area (Å²) in [5.74, 6) is 1.95. The maximum Gasteiger partial charge on any atom is 0.311 e. The molecule has 3 aliphatic carbocycles. The van der Waals surface area contributed by atoms with Gasteiger partial charge in [0.1, 0.15) is 5.78 Å². The van der Waals surface area contributed by atoms with E-state index < -0.39 is 0 Å². The lowest BCUT2D eigenvalue weighted by Crippen LogP contribution is -2.56. The Bertz CT molecular complexity index is 457. The standard InChI is InChI=1S/C18H28O3/c1-17-9-4-10-18(2,16(20)21-3)15(17)8-6-12-5-7-13(19)11-14(12)17/h12,14-15H,4-11H2,1-3H3/t12-,14-,15?,17?,18+/m0/s1. The number of methoxy groups -OCH3 is 1. The van der Waals surface area contributed by atoms with Crippen LogP contribution < -0.4 is 0 Å². The molecule has 3 aliphatic rings. The van der Waals surface area contributed by atoms with Crippen molar-refractivity contribution in [3.05, 3.63) is 0 Å². The minimum absolute atomic E-state index is 0.0426. The van der Waals surface area contributed by atoms with Crippen molar-refractivity contribution in [2.45, 2.75) is 65.2 Å². The number of fused-ring (bicyclic) bond motifs is 3. The maximum atomic E-state index is 12.4. The lowest BCUT2D eigenvalue weighted by Gasteiger charge is -2.59. The molecule has 5 atom stereocenters. The molecule has 0 aliphatic heterocycles. The van der Waals surface area contributed by atoms with E-state index in [9.17, 15) is 9.59 Å². The monoisotopic (exact) mass is 292 g/mol. The van der Waals surface area contributed by atoms with Crippen LogP contribution in [0.3, 0.4) is 0 Å². The van der Waals surface area contributed by atoms with E-state index in [1.54, 1.807) is 0 Å². The molecule has 3 fully saturated rings. The first kappa shape index (κ1) is 15.1. The molecule has 0 saturated heterocycles. The van der Waals surface area contributed by atoms with Crippen LogP contribution in [0.2, 0.25) is 0 Å². The van der Waals surface area contributed by atoms with Gasteiger partial charge in [-0.1, -0.05) is 13.3 Å². The van der Waals surface area contributed by atoms with Gasteiger partial charge in [0.05, 0.1) is 12.5 Å². The molecular weight excluding hydrogens is 264 g/mol. The van der Waals surface area contributed by atoms with E-state index in [2.05, 4.69) is 13.8 Å². The molecule has 0 heterocycles. The Kier molecular flexibility index (Phi) is 3.66. The predicted molar refractivity (Wildman–Crippen MR) is 80.6 cm³/mol. The van der Waals surface area contributed by atoms with E-state index in [0.29, 0.717) is 23.5 Å². The van der Waals surface area contributed by atoms with E-state index >= 15 is 0 Å². The van der Waals surface area contributed by atoms with Gasteiger partial charge in [-0.3, -0.25) is 9.59 Å². The second kappa shape index (κ2) is 5.10. The number of hydrogen-bond donors (Lipinski definition) is 0.